The van der Waals surface area contributed by atoms with Gasteiger partial charge in [0.05, 0.1) is 33.3 Å². The lowest BCUT2D eigenvalue weighted by atomic mass is 10.0. The molecule has 0 amide bonds. The monoisotopic (exact) mass is 576 g/mol. The Labute approximate surface area is 260 Å². The summed E-state index contributed by atoms with van der Waals surface area (Å²) in [6, 6.07) is 45.1. The van der Waals surface area contributed by atoms with E-state index < -0.39 is 0 Å². The molecular formula is C41H28N4. The van der Waals surface area contributed by atoms with Crippen molar-refractivity contribution in [2.45, 2.75) is 6.42 Å². The van der Waals surface area contributed by atoms with Crippen molar-refractivity contribution in [1.29, 1.82) is 0 Å². The van der Waals surface area contributed by atoms with Gasteiger partial charge < -0.3 is 9.13 Å². The number of allylic oxidation sites excluding steroid dienone is 2. The Bertz CT molecular complexity index is 2440. The molecule has 0 saturated carbocycles. The van der Waals surface area contributed by atoms with Crippen molar-refractivity contribution in [3.8, 4) is 22.5 Å². The van der Waals surface area contributed by atoms with E-state index in [1.54, 1.807) is 0 Å². The fourth-order valence-corrected chi connectivity index (χ4v) is 6.82. The van der Waals surface area contributed by atoms with Crippen LogP contribution in [-0.4, -0.2) is 19.1 Å². The summed E-state index contributed by atoms with van der Waals surface area (Å²) < 4.78 is 4.68. The van der Waals surface area contributed by atoms with Crippen molar-refractivity contribution >= 4 is 50.7 Å². The molecule has 0 bridgehead atoms. The highest BCUT2D eigenvalue weighted by molar-refractivity contribution is 6.08. The van der Waals surface area contributed by atoms with E-state index in [4.69, 9.17) is 9.97 Å². The van der Waals surface area contributed by atoms with Crippen LogP contribution in [0.2, 0.25) is 0 Å². The molecule has 0 radical (unpaired) electrons. The second-order valence-corrected chi connectivity index (χ2v) is 11.5. The van der Waals surface area contributed by atoms with Crippen LogP contribution in [0.3, 0.4) is 0 Å². The molecule has 8 aromatic rings. The fourth-order valence-electron chi connectivity index (χ4n) is 6.82. The Balaban J connectivity index is 1.25. The van der Waals surface area contributed by atoms with Gasteiger partial charge in [0.2, 0.25) is 0 Å². The van der Waals surface area contributed by atoms with Gasteiger partial charge >= 0.3 is 0 Å². The molecular weight excluding hydrogens is 548 g/mol. The van der Waals surface area contributed by atoms with Gasteiger partial charge in [0.1, 0.15) is 0 Å². The molecule has 0 unspecified atom stereocenters. The second kappa shape index (κ2) is 10.3. The molecule has 1 aliphatic carbocycles. The van der Waals surface area contributed by atoms with Crippen LogP contribution in [0.25, 0.3) is 73.2 Å². The molecule has 0 spiro atoms. The van der Waals surface area contributed by atoms with Crippen LogP contribution in [0.15, 0.2) is 146 Å². The minimum absolute atomic E-state index is 0.867. The number of pyridine rings is 2. The molecule has 4 aromatic carbocycles. The summed E-state index contributed by atoms with van der Waals surface area (Å²) in [6.45, 7) is 0. The zero-order chi connectivity index (χ0) is 29.7. The third kappa shape index (κ3) is 4.15. The van der Waals surface area contributed by atoms with E-state index in [9.17, 15) is 0 Å². The molecule has 0 saturated heterocycles. The van der Waals surface area contributed by atoms with E-state index in [-0.39, 0.29) is 0 Å². The third-order valence-corrected chi connectivity index (χ3v) is 8.85. The lowest BCUT2D eigenvalue weighted by Crippen LogP contribution is -2.00. The molecule has 0 atom stereocenters. The lowest BCUT2D eigenvalue weighted by Gasteiger charge is -2.13. The number of rotatable bonds is 4. The van der Waals surface area contributed by atoms with Crippen LogP contribution < -0.4 is 0 Å². The average Bonchev–Trinajstić information content (AvgIpc) is 3.50. The summed E-state index contributed by atoms with van der Waals surface area (Å²) in [6.07, 6.45) is 11.5. The Morgan fingerprint density at radius 3 is 1.98 bits per heavy atom. The van der Waals surface area contributed by atoms with Gasteiger partial charge in [-0.3, -0.25) is 9.97 Å². The van der Waals surface area contributed by atoms with Crippen LogP contribution in [0, 0.1) is 0 Å². The van der Waals surface area contributed by atoms with Crippen LogP contribution in [0.4, 0.5) is 0 Å². The van der Waals surface area contributed by atoms with Crippen LogP contribution >= 0.6 is 0 Å². The van der Waals surface area contributed by atoms with E-state index in [0.29, 0.717) is 0 Å². The van der Waals surface area contributed by atoms with Crippen LogP contribution in [0.1, 0.15) is 23.2 Å². The summed E-state index contributed by atoms with van der Waals surface area (Å²) in [5, 5.41) is 1.14. The number of benzene rings is 4. The Hall–Kier alpha value is -6.00. The Morgan fingerprint density at radius 2 is 1.20 bits per heavy atom. The topological polar surface area (TPSA) is 35.6 Å². The molecule has 0 N–H and O–H groups in total. The minimum Gasteiger partial charge on any atom is -0.308 e. The predicted octanol–water partition coefficient (Wildman–Crippen LogP) is 10.1. The van der Waals surface area contributed by atoms with Gasteiger partial charge in [-0.05, 0) is 95.4 Å². The standard InChI is InChI=1S/C41H28N4/c1-3-11-28(12-4-1)30-15-7-18-36-34(25-30)40-38(19-9-23-42-40)44(36)32-16-8-17-33(27-32)45-37-22-21-31(29-13-5-2-6-14-29)26-35(37)41-39(45)20-10-24-43-41/h1-14,16-27H,15H2. The van der Waals surface area contributed by atoms with Crippen molar-refractivity contribution < 1.29 is 0 Å². The highest BCUT2D eigenvalue weighted by Gasteiger charge is 2.20. The normalized spacial score (nSPS) is 12.8. The third-order valence-electron chi connectivity index (χ3n) is 8.85. The van der Waals surface area contributed by atoms with Crippen molar-refractivity contribution in [3.63, 3.8) is 0 Å². The maximum Gasteiger partial charge on any atom is 0.0963 e. The highest BCUT2D eigenvalue weighted by Crippen LogP contribution is 2.38. The number of nitrogens with zero attached hydrogens (tertiary/aromatic N) is 4. The average molecular weight is 577 g/mol. The smallest absolute Gasteiger partial charge is 0.0963 e. The number of fused-ring (bicyclic) bond motifs is 6. The first-order valence-electron chi connectivity index (χ1n) is 15.3. The zero-order valence-electron chi connectivity index (χ0n) is 24.5. The molecule has 45 heavy (non-hydrogen) atoms. The summed E-state index contributed by atoms with van der Waals surface area (Å²) in [4.78, 5) is 9.74. The van der Waals surface area contributed by atoms with Gasteiger partial charge in [0.15, 0.2) is 0 Å². The molecule has 4 aromatic heterocycles. The number of hydrogen-bond donors (Lipinski definition) is 0. The Kier molecular flexibility index (Phi) is 5.85. The first kappa shape index (κ1) is 25.5. The molecule has 0 aliphatic heterocycles. The second-order valence-electron chi connectivity index (χ2n) is 11.5. The van der Waals surface area contributed by atoms with E-state index in [1.807, 2.05) is 24.5 Å². The predicted molar refractivity (Wildman–Crippen MR) is 187 cm³/mol. The molecule has 9 rings (SSSR count). The fraction of sp³-hybridized carbons (Fsp3) is 0.0244. The van der Waals surface area contributed by atoms with Crippen molar-refractivity contribution in [2.75, 3.05) is 0 Å². The van der Waals surface area contributed by atoms with Gasteiger partial charge in [-0.15, -0.1) is 0 Å². The summed E-state index contributed by atoms with van der Waals surface area (Å²) in [7, 11) is 0. The van der Waals surface area contributed by atoms with E-state index in [1.165, 1.54) is 22.3 Å². The first-order valence-corrected chi connectivity index (χ1v) is 15.3. The first-order chi connectivity index (χ1) is 22.3. The van der Waals surface area contributed by atoms with E-state index in [2.05, 4.69) is 143 Å². The molecule has 4 nitrogen and oxygen atoms in total. The SMILES string of the molecule is C1=Cc2c(c3ncccc3n2-c2cccc(-n3c4ccc(-c5ccccc5)cc4c4ncccc43)c2)C=C(c2ccccc2)C1. The van der Waals surface area contributed by atoms with Gasteiger partial charge in [-0.2, -0.15) is 0 Å². The summed E-state index contributed by atoms with van der Waals surface area (Å²) in [5.41, 5.74) is 14.7. The molecule has 4 heteroatoms. The zero-order valence-corrected chi connectivity index (χ0v) is 24.5. The van der Waals surface area contributed by atoms with Crippen molar-refractivity contribution in [1.82, 2.24) is 19.1 Å². The van der Waals surface area contributed by atoms with Crippen LogP contribution in [-0.2, 0) is 0 Å². The molecule has 1 aliphatic rings. The van der Waals surface area contributed by atoms with Gasteiger partial charge in [-0.25, -0.2) is 0 Å². The van der Waals surface area contributed by atoms with E-state index in [0.717, 1.165) is 62.0 Å². The summed E-state index contributed by atoms with van der Waals surface area (Å²) >= 11 is 0. The summed E-state index contributed by atoms with van der Waals surface area (Å²) in [5.74, 6) is 0. The quantitative estimate of drug-likeness (QED) is 0.209. The number of hydrogen-bond acceptors (Lipinski definition) is 2. The largest absolute Gasteiger partial charge is 0.308 e. The maximum absolute atomic E-state index is 4.89. The Morgan fingerprint density at radius 1 is 0.511 bits per heavy atom. The van der Waals surface area contributed by atoms with Gasteiger partial charge in [-0.1, -0.05) is 78.9 Å². The lowest BCUT2D eigenvalue weighted by molar-refractivity contribution is 1.09. The highest BCUT2D eigenvalue weighted by atomic mass is 15.0. The molecule has 0 fully saturated rings. The molecule has 212 valence electrons. The number of aromatic nitrogens is 4. The van der Waals surface area contributed by atoms with Crippen molar-refractivity contribution in [3.05, 3.63) is 163 Å². The van der Waals surface area contributed by atoms with E-state index >= 15 is 0 Å². The minimum atomic E-state index is 0.867. The van der Waals surface area contributed by atoms with Gasteiger partial charge in [0.25, 0.3) is 0 Å². The maximum atomic E-state index is 4.89. The van der Waals surface area contributed by atoms with Crippen molar-refractivity contribution in [2.24, 2.45) is 0 Å². The molecule has 4 heterocycles. The van der Waals surface area contributed by atoms with Gasteiger partial charge in [0, 0.05) is 34.7 Å². The van der Waals surface area contributed by atoms with Crippen LogP contribution in [0.5, 0.6) is 0 Å².